The molecule has 0 spiro atoms. The van der Waals surface area contributed by atoms with Crippen LogP contribution in [-0.4, -0.2) is 23.3 Å². The second-order valence-electron chi connectivity index (χ2n) is 5.25. The highest BCUT2D eigenvalue weighted by Crippen LogP contribution is 2.31. The monoisotopic (exact) mass is 390 g/mol. The van der Waals surface area contributed by atoms with E-state index in [0.29, 0.717) is 17.8 Å². The molecule has 6 heteroatoms. The first-order chi connectivity index (χ1) is 11.1. The van der Waals surface area contributed by atoms with Gasteiger partial charge in [-0.15, -0.1) is 11.3 Å². The Balaban J connectivity index is 1.71. The lowest BCUT2D eigenvalue weighted by molar-refractivity contribution is -0.111. The zero-order valence-electron chi connectivity index (χ0n) is 12.3. The highest BCUT2D eigenvalue weighted by atomic mass is 79.9. The van der Waals surface area contributed by atoms with Crippen LogP contribution in [-0.2, 0) is 17.8 Å². The number of rotatable bonds is 3. The van der Waals surface area contributed by atoms with Gasteiger partial charge < -0.3 is 10.2 Å². The van der Waals surface area contributed by atoms with Crippen molar-refractivity contribution >= 4 is 44.8 Å². The number of nitrogens with zero attached hydrogens (tertiary/aromatic N) is 1. The first kappa shape index (κ1) is 16.0. The summed E-state index contributed by atoms with van der Waals surface area (Å²) >= 11 is 5.24. The van der Waals surface area contributed by atoms with Crippen LogP contribution in [0.3, 0.4) is 0 Å². The zero-order valence-corrected chi connectivity index (χ0v) is 14.7. The molecule has 1 aliphatic rings. The molecule has 0 fully saturated rings. The lowest BCUT2D eigenvalue weighted by atomic mass is 10.1. The van der Waals surface area contributed by atoms with Gasteiger partial charge in [0.05, 0.1) is 3.79 Å². The Morgan fingerprint density at radius 1 is 1.30 bits per heavy atom. The fourth-order valence-electron chi connectivity index (χ4n) is 2.54. The maximum Gasteiger partial charge on any atom is 0.254 e. The average Bonchev–Trinajstić information content (AvgIpc) is 2.93. The molecule has 2 aromatic rings. The minimum absolute atomic E-state index is 0.0135. The van der Waals surface area contributed by atoms with E-state index in [0.717, 1.165) is 16.8 Å². The van der Waals surface area contributed by atoms with Gasteiger partial charge in [0.15, 0.2) is 0 Å². The molecular weight excluding hydrogens is 376 g/mol. The molecule has 0 bridgehead atoms. The van der Waals surface area contributed by atoms with Crippen molar-refractivity contribution in [2.45, 2.75) is 13.0 Å². The van der Waals surface area contributed by atoms with Gasteiger partial charge in [-0.3, -0.25) is 9.59 Å². The summed E-state index contributed by atoms with van der Waals surface area (Å²) in [4.78, 5) is 27.1. The van der Waals surface area contributed by atoms with Crippen LogP contribution in [0.1, 0.15) is 20.8 Å². The van der Waals surface area contributed by atoms with E-state index in [-0.39, 0.29) is 11.8 Å². The predicted octanol–water partition coefficient (Wildman–Crippen LogP) is 3.83. The smallest absolute Gasteiger partial charge is 0.254 e. The molecule has 1 aliphatic heterocycles. The van der Waals surface area contributed by atoms with Crippen molar-refractivity contribution in [2.24, 2.45) is 0 Å². The summed E-state index contributed by atoms with van der Waals surface area (Å²) in [6.07, 6.45) is 2.11. The highest BCUT2D eigenvalue weighted by molar-refractivity contribution is 9.11. The molecule has 0 saturated carbocycles. The molecule has 2 amide bonds. The maximum absolute atomic E-state index is 12.6. The van der Waals surface area contributed by atoms with Gasteiger partial charge in [-0.1, -0.05) is 6.58 Å². The summed E-state index contributed by atoms with van der Waals surface area (Å²) in [6.45, 7) is 4.78. The molecule has 0 unspecified atom stereocenters. The Labute approximate surface area is 146 Å². The Kier molecular flexibility index (Phi) is 4.63. The van der Waals surface area contributed by atoms with Crippen molar-refractivity contribution in [3.05, 3.63) is 62.8 Å². The lowest BCUT2D eigenvalue weighted by Gasteiger charge is -2.27. The van der Waals surface area contributed by atoms with E-state index in [1.807, 2.05) is 4.90 Å². The summed E-state index contributed by atoms with van der Waals surface area (Å²) < 4.78 is 1.11. The third-order valence-electron chi connectivity index (χ3n) is 3.71. The number of amides is 2. The number of benzene rings is 1. The number of carbonyl (C=O) groups is 2. The number of hydrogen-bond acceptors (Lipinski definition) is 3. The van der Waals surface area contributed by atoms with Crippen LogP contribution < -0.4 is 5.32 Å². The maximum atomic E-state index is 12.6. The molecule has 118 valence electrons. The van der Waals surface area contributed by atoms with Crippen molar-refractivity contribution in [1.29, 1.82) is 0 Å². The Bertz CT molecular complexity index is 767. The van der Waals surface area contributed by atoms with E-state index in [1.54, 1.807) is 35.6 Å². The molecule has 1 aromatic carbocycles. The quantitative estimate of drug-likeness (QED) is 0.809. The predicted molar refractivity (Wildman–Crippen MR) is 95.7 cm³/mol. The Morgan fingerprint density at radius 2 is 2.04 bits per heavy atom. The minimum Gasteiger partial charge on any atom is -0.334 e. The second-order valence-corrected chi connectivity index (χ2v) is 7.76. The molecule has 4 nitrogen and oxygen atoms in total. The molecule has 23 heavy (non-hydrogen) atoms. The molecule has 0 radical (unpaired) electrons. The first-order valence-corrected chi connectivity index (χ1v) is 8.77. The highest BCUT2D eigenvalue weighted by Gasteiger charge is 2.23. The number of carbonyl (C=O) groups excluding carboxylic acids is 2. The van der Waals surface area contributed by atoms with Gasteiger partial charge in [0.1, 0.15) is 0 Å². The van der Waals surface area contributed by atoms with Crippen LogP contribution >= 0.6 is 27.3 Å². The van der Waals surface area contributed by atoms with Gasteiger partial charge in [-0.25, -0.2) is 0 Å². The van der Waals surface area contributed by atoms with Crippen molar-refractivity contribution in [3.8, 4) is 0 Å². The standard InChI is InChI=1S/C17H15BrN2O2S/c1-2-16(21)19-13-5-3-11(4-6-13)17(22)20-8-7-14-12(10-20)9-15(18)23-14/h2-6,9H,1,7-8,10H2,(H,19,21). The Hall–Kier alpha value is -1.92. The van der Waals surface area contributed by atoms with Crippen molar-refractivity contribution in [3.63, 3.8) is 0 Å². The number of thiophene rings is 1. The number of halogens is 1. The van der Waals surface area contributed by atoms with Crippen molar-refractivity contribution in [2.75, 3.05) is 11.9 Å². The van der Waals surface area contributed by atoms with Gasteiger partial charge in [-0.2, -0.15) is 0 Å². The van der Waals surface area contributed by atoms with Gasteiger partial charge in [-0.05, 0) is 64.3 Å². The summed E-state index contributed by atoms with van der Waals surface area (Å²) in [5, 5.41) is 2.67. The number of anilines is 1. The van der Waals surface area contributed by atoms with Crippen LogP contribution in [0.4, 0.5) is 5.69 Å². The van der Waals surface area contributed by atoms with E-state index in [2.05, 4.69) is 33.9 Å². The molecular formula is C17H15BrN2O2S. The minimum atomic E-state index is -0.268. The fourth-order valence-corrected chi connectivity index (χ4v) is 4.29. The third kappa shape index (κ3) is 3.54. The van der Waals surface area contributed by atoms with Crippen molar-refractivity contribution in [1.82, 2.24) is 4.90 Å². The van der Waals surface area contributed by atoms with E-state index in [1.165, 1.54) is 16.5 Å². The SMILES string of the molecule is C=CC(=O)Nc1ccc(C(=O)N2CCc3sc(Br)cc3C2)cc1. The van der Waals surface area contributed by atoms with E-state index < -0.39 is 0 Å². The molecule has 0 aliphatic carbocycles. The summed E-state index contributed by atoms with van der Waals surface area (Å²) in [5.74, 6) is -0.254. The topological polar surface area (TPSA) is 49.4 Å². The second kappa shape index (κ2) is 6.68. The van der Waals surface area contributed by atoms with E-state index in [4.69, 9.17) is 0 Å². The number of fused-ring (bicyclic) bond motifs is 1. The molecule has 3 rings (SSSR count). The normalized spacial score (nSPS) is 13.3. The molecule has 1 aromatic heterocycles. The first-order valence-electron chi connectivity index (χ1n) is 7.16. The average molecular weight is 391 g/mol. The van der Waals surface area contributed by atoms with Gasteiger partial charge in [0, 0.05) is 29.2 Å². The van der Waals surface area contributed by atoms with E-state index >= 15 is 0 Å². The summed E-state index contributed by atoms with van der Waals surface area (Å²) in [7, 11) is 0. The van der Waals surface area contributed by atoms with E-state index in [9.17, 15) is 9.59 Å². The zero-order chi connectivity index (χ0) is 16.4. The molecule has 1 N–H and O–H groups in total. The van der Waals surface area contributed by atoms with Gasteiger partial charge in [0.2, 0.25) is 5.91 Å². The van der Waals surface area contributed by atoms with Crippen LogP contribution in [0.5, 0.6) is 0 Å². The number of hydrogen-bond donors (Lipinski definition) is 1. The van der Waals surface area contributed by atoms with Gasteiger partial charge >= 0.3 is 0 Å². The third-order valence-corrected chi connectivity index (χ3v) is 5.45. The Morgan fingerprint density at radius 3 is 2.74 bits per heavy atom. The fraction of sp³-hybridized carbons (Fsp3) is 0.176. The van der Waals surface area contributed by atoms with Crippen LogP contribution in [0.15, 0.2) is 46.8 Å². The van der Waals surface area contributed by atoms with Gasteiger partial charge in [0.25, 0.3) is 5.91 Å². The molecule has 0 saturated heterocycles. The van der Waals surface area contributed by atoms with Crippen LogP contribution in [0, 0.1) is 0 Å². The largest absolute Gasteiger partial charge is 0.334 e. The summed E-state index contributed by atoms with van der Waals surface area (Å²) in [6, 6.07) is 9.02. The molecule has 2 heterocycles. The number of nitrogens with one attached hydrogen (secondary N) is 1. The summed E-state index contributed by atoms with van der Waals surface area (Å²) in [5.41, 5.74) is 2.49. The molecule has 0 atom stereocenters. The van der Waals surface area contributed by atoms with Crippen LogP contribution in [0.2, 0.25) is 0 Å². The van der Waals surface area contributed by atoms with Crippen molar-refractivity contribution < 1.29 is 9.59 Å². The van der Waals surface area contributed by atoms with Crippen LogP contribution in [0.25, 0.3) is 0 Å². The lowest BCUT2D eigenvalue weighted by Crippen LogP contribution is -2.35.